The second-order valence-corrected chi connectivity index (χ2v) is 11.7. The lowest BCUT2D eigenvalue weighted by Gasteiger charge is -2.26. The summed E-state index contributed by atoms with van der Waals surface area (Å²) in [6.07, 6.45) is 1.91. The van der Waals surface area contributed by atoms with Crippen molar-refractivity contribution in [3.05, 3.63) is 113 Å². The van der Waals surface area contributed by atoms with E-state index in [-0.39, 0.29) is 17.7 Å². The third kappa shape index (κ3) is 5.00. The van der Waals surface area contributed by atoms with E-state index in [2.05, 4.69) is 20.9 Å². The maximum atomic E-state index is 14.4. The molecule has 0 saturated heterocycles. The number of aromatic nitrogens is 2. The summed E-state index contributed by atoms with van der Waals surface area (Å²) in [5, 5.41) is 0.995. The van der Waals surface area contributed by atoms with Crippen molar-refractivity contribution in [1.82, 2.24) is 9.55 Å². The highest BCUT2D eigenvalue weighted by atomic mass is 79.9. The minimum absolute atomic E-state index is 0.183. The fourth-order valence-electron chi connectivity index (χ4n) is 5.44. The third-order valence-corrected chi connectivity index (χ3v) is 9.07. The highest BCUT2D eigenvalue weighted by Gasteiger charge is 2.35. The minimum Gasteiger partial charge on any atom is -0.493 e. The van der Waals surface area contributed by atoms with E-state index in [1.165, 1.54) is 11.3 Å². The number of aromatic amines is 1. The summed E-state index contributed by atoms with van der Waals surface area (Å²) in [5.74, 6) is 0.441. The van der Waals surface area contributed by atoms with Crippen molar-refractivity contribution in [3.8, 4) is 22.8 Å². The number of para-hydroxylation sites is 1. The molecule has 1 unspecified atom stereocenters. The van der Waals surface area contributed by atoms with Crippen LogP contribution in [0.4, 0.5) is 0 Å². The first-order valence-corrected chi connectivity index (χ1v) is 15.2. The molecule has 0 radical (unpaired) electrons. The summed E-state index contributed by atoms with van der Waals surface area (Å²) in [5.41, 5.74) is 4.92. The second-order valence-electron chi connectivity index (χ2n) is 9.86. The predicted molar refractivity (Wildman–Crippen MR) is 171 cm³/mol. The molecular weight excluding hydrogens is 630 g/mol. The minimum atomic E-state index is -0.816. The van der Waals surface area contributed by atoms with Gasteiger partial charge < -0.3 is 19.2 Å². The molecule has 1 aliphatic rings. The van der Waals surface area contributed by atoms with E-state index in [0.717, 1.165) is 27.7 Å². The Bertz CT molecular complexity index is 2090. The number of esters is 1. The zero-order chi connectivity index (χ0) is 30.2. The molecule has 43 heavy (non-hydrogen) atoms. The molecule has 1 aliphatic heterocycles. The molecule has 0 amide bonds. The van der Waals surface area contributed by atoms with Gasteiger partial charge in [-0.3, -0.25) is 9.36 Å². The van der Waals surface area contributed by atoms with Crippen molar-refractivity contribution in [2.24, 2.45) is 4.99 Å². The summed E-state index contributed by atoms with van der Waals surface area (Å²) in [6, 6.07) is 20.7. The van der Waals surface area contributed by atoms with Gasteiger partial charge in [-0.15, -0.1) is 0 Å². The van der Waals surface area contributed by atoms with E-state index in [1.54, 1.807) is 44.8 Å². The Balaban J connectivity index is 1.63. The van der Waals surface area contributed by atoms with E-state index in [9.17, 15) is 9.59 Å². The van der Waals surface area contributed by atoms with E-state index in [0.29, 0.717) is 36.6 Å². The van der Waals surface area contributed by atoms with Crippen LogP contribution >= 0.6 is 27.3 Å². The van der Waals surface area contributed by atoms with Gasteiger partial charge in [-0.05, 0) is 49.2 Å². The third-order valence-electron chi connectivity index (χ3n) is 7.40. The van der Waals surface area contributed by atoms with Gasteiger partial charge in [0.2, 0.25) is 0 Å². The number of carbonyl (C=O) groups excluding carboxylic acids is 1. The van der Waals surface area contributed by atoms with Gasteiger partial charge in [0.15, 0.2) is 16.3 Å². The van der Waals surface area contributed by atoms with Gasteiger partial charge in [-0.2, -0.15) is 0 Å². The van der Waals surface area contributed by atoms with E-state index >= 15 is 0 Å². The van der Waals surface area contributed by atoms with Crippen molar-refractivity contribution in [1.29, 1.82) is 0 Å². The number of allylic oxidation sites excluding steroid dienone is 1. The van der Waals surface area contributed by atoms with Crippen molar-refractivity contribution in [2.45, 2.75) is 19.9 Å². The summed E-state index contributed by atoms with van der Waals surface area (Å²) in [4.78, 5) is 36.5. The number of H-pyrrole nitrogens is 1. The maximum absolute atomic E-state index is 14.4. The van der Waals surface area contributed by atoms with Crippen molar-refractivity contribution in [2.75, 3.05) is 20.8 Å². The highest BCUT2D eigenvalue weighted by Crippen LogP contribution is 2.41. The Hall–Kier alpha value is -4.41. The van der Waals surface area contributed by atoms with Crippen LogP contribution in [0.25, 0.3) is 28.2 Å². The number of hydrogen-bond acceptors (Lipinski definition) is 7. The van der Waals surface area contributed by atoms with E-state index < -0.39 is 12.0 Å². The fraction of sp³-hybridized carbons (Fsp3) is 0.182. The molecule has 8 nitrogen and oxygen atoms in total. The number of methoxy groups -OCH3 is 2. The highest BCUT2D eigenvalue weighted by molar-refractivity contribution is 9.10. The smallest absolute Gasteiger partial charge is 0.338 e. The maximum Gasteiger partial charge on any atom is 0.338 e. The lowest BCUT2D eigenvalue weighted by molar-refractivity contribution is -0.139. The second kappa shape index (κ2) is 11.7. The first kappa shape index (κ1) is 28.7. The molecule has 1 atom stereocenters. The molecule has 0 fully saturated rings. The van der Waals surface area contributed by atoms with Crippen LogP contribution < -0.4 is 24.4 Å². The van der Waals surface area contributed by atoms with Gasteiger partial charge in [0.25, 0.3) is 5.56 Å². The largest absolute Gasteiger partial charge is 0.493 e. The van der Waals surface area contributed by atoms with Gasteiger partial charge in [-0.1, -0.05) is 75.8 Å². The Morgan fingerprint density at radius 2 is 1.77 bits per heavy atom. The number of nitrogens with zero attached hydrogens (tertiary/aromatic N) is 2. The number of rotatable bonds is 7. The van der Waals surface area contributed by atoms with E-state index in [1.807, 2.05) is 60.7 Å². The van der Waals surface area contributed by atoms with Crippen LogP contribution in [0.3, 0.4) is 0 Å². The topological polar surface area (TPSA) is 94.9 Å². The van der Waals surface area contributed by atoms with Gasteiger partial charge in [0, 0.05) is 20.9 Å². The molecule has 0 saturated carbocycles. The number of fused-ring (bicyclic) bond motifs is 2. The molecule has 6 rings (SSSR count). The van der Waals surface area contributed by atoms with Crippen LogP contribution in [-0.4, -0.2) is 36.3 Å². The number of thiazole rings is 1. The molecule has 0 aliphatic carbocycles. The average molecular weight is 659 g/mol. The summed E-state index contributed by atoms with van der Waals surface area (Å²) < 4.78 is 19.2. The standard InChI is InChI=1S/C33H28BrN3O5S/c1-5-42-32(39)28-18(2)35-33-37(30(28)22-15-25(40-3)26(41-4)17-23(22)34)31(38)27(43-33)16-21-20-13-9-10-14-24(20)36-29(21)19-11-7-6-8-12-19/h6-17,30,36H,5H2,1-4H3. The van der Waals surface area contributed by atoms with Crippen LogP contribution in [0.5, 0.6) is 11.5 Å². The molecule has 0 bridgehead atoms. The molecule has 5 aromatic rings. The Labute approximate surface area is 259 Å². The zero-order valence-electron chi connectivity index (χ0n) is 23.9. The number of hydrogen-bond donors (Lipinski definition) is 1. The van der Waals surface area contributed by atoms with Crippen LogP contribution in [-0.2, 0) is 9.53 Å². The predicted octanol–water partition coefficient (Wildman–Crippen LogP) is 5.73. The van der Waals surface area contributed by atoms with Crippen LogP contribution in [0, 0.1) is 0 Å². The monoisotopic (exact) mass is 657 g/mol. The quantitative estimate of drug-likeness (QED) is 0.226. The molecule has 0 spiro atoms. The Kier molecular flexibility index (Phi) is 7.81. The Morgan fingerprint density at radius 1 is 1.07 bits per heavy atom. The van der Waals surface area contributed by atoms with Crippen molar-refractivity contribution in [3.63, 3.8) is 0 Å². The summed E-state index contributed by atoms with van der Waals surface area (Å²) in [6.45, 7) is 3.69. The van der Waals surface area contributed by atoms with Crippen LogP contribution in [0.15, 0.2) is 92.3 Å². The zero-order valence-corrected chi connectivity index (χ0v) is 26.3. The molecule has 10 heteroatoms. The number of ether oxygens (including phenoxy) is 3. The van der Waals surface area contributed by atoms with Crippen LogP contribution in [0.1, 0.15) is 31.0 Å². The molecule has 3 heterocycles. The molecule has 2 aromatic heterocycles. The number of halogens is 1. The SMILES string of the molecule is CCOC(=O)C1=C(C)N=c2sc(=Cc3c(-c4ccccc4)[nH]c4ccccc34)c(=O)n2C1c1cc(OC)c(OC)cc1Br. The van der Waals surface area contributed by atoms with E-state index in [4.69, 9.17) is 19.2 Å². The molecule has 3 aromatic carbocycles. The van der Waals surface area contributed by atoms with Gasteiger partial charge in [0.1, 0.15) is 0 Å². The fourth-order valence-corrected chi connectivity index (χ4v) is 7.01. The summed E-state index contributed by atoms with van der Waals surface area (Å²) in [7, 11) is 3.09. The van der Waals surface area contributed by atoms with Crippen LogP contribution in [0.2, 0.25) is 0 Å². The first-order valence-electron chi connectivity index (χ1n) is 13.6. The number of nitrogens with one attached hydrogen (secondary N) is 1. The first-order chi connectivity index (χ1) is 20.9. The number of carbonyl (C=O) groups is 1. The lowest BCUT2D eigenvalue weighted by atomic mass is 9.95. The molecule has 1 N–H and O–H groups in total. The summed E-state index contributed by atoms with van der Waals surface area (Å²) >= 11 is 4.93. The normalized spacial score (nSPS) is 14.9. The molecular formula is C33H28BrN3O5S. The van der Waals surface area contributed by atoms with Gasteiger partial charge >= 0.3 is 5.97 Å². The average Bonchev–Trinajstić information content (AvgIpc) is 3.53. The number of benzene rings is 3. The lowest BCUT2D eigenvalue weighted by Crippen LogP contribution is -2.40. The Morgan fingerprint density at radius 3 is 2.49 bits per heavy atom. The van der Waals surface area contributed by atoms with Crippen molar-refractivity contribution < 1.29 is 19.0 Å². The molecule has 218 valence electrons. The van der Waals surface area contributed by atoms with Crippen molar-refractivity contribution >= 4 is 50.2 Å². The van der Waals surface area contributed by atoms with Gasteiger partial charge in [0.05, 0.1) is 48.4 Å². The van der Waals surface area contributed by atoms with Gasteiger partial charge in [-0.25, -0.2) is 9.79 Å².